The van der Waals surface area contributed by atoms with Crippen LogP contribution in [0.25, 0.3) is 0 Å². The van der Waals surface area contributed by atoms with Crippen LogP contribution in [-0.2, 0) is 29.9 Å². The number of hydrogen-bond acceptors (Lipinski definition) is 3. The molecule has 5 heteroatoms. The SMILES string of the molecule is Clc1ccc(CC2(CCn3cncn3)OCc3ccccc32)cc1. The van der Waals surface area contributed by atoms with Crippen LogP contribution >= 0.6 is 11.6 Å². The van der Waals surface area contributed by atoms with E-state index in [2.05, 4.69) is 46.5 Å². The number of ether oxygens (including phenoxy) is 1. The average Bonchev–Trinajstić information content (AvgIpc) is 3.24. The Kier molecular flexibility index (Phi) is 4.08. The Morgan fingerprint density at radius 1 is 1.12 bits per heavy atom. The lowest BCUT2D eigenvalue weighted by Crippen LogP contribution is -2.30. The van der Waals surface area contributed by atoms with Crippen molar-refractivity contribution in [3.8, 4) is 0 Å². The van der Waals surface area contributed by atoms with E-state index in [1.54, 1.807) is 12.7 Å². The lowest BCUT2D eigenvalue weighted by atomic mass is 9.84. The van der Waals surface area contributed by atoms with E-state index in [1.165, 1.54) is 16.7 Å². The summed E-state index contributed by atoms with van der Waals surface area (Å²) in [5.74, 6) is 0. The first-order chi connectivity index (χ1) is 11.8. The summed E-state index contributed by atoms with van der Waals surface area (Å²) in [5.41, 5.74) is 3.43. The van der Waals surface area contributed by atoms with Gasteiger partial charge in [0.15, 0.2) is 0 Å². The van der Waals surface area contributed by atoms with Gasteiger partial charge in [0.05, 0.1) is 12.2 Å². The van der Waals surface area contributed by atoms with Crippen molar-refractivity contribution >= 4 is 11.6 Å². The number of rotatable bonds is 5. The molecule has 122 valence electrons. The number of aromatic nitrogens is 3. The molecule has 1 aliphatic heterocycles. The van der Waals surface area contributed by atoms with Gasteiger partial charge in [0, 0.05) is 24.4 Å². The Morgan fingerprint density at radius 2 is 1.96 bits per heavy atom. The van der Waals surface area contributed by atoms with E-state index in [9.17, 15) is 0 Å². The van der Waals surface area contributed by atoms with E-state index in [0.29, 0.717) is 6.61 Å². The summed E-state index contributed by atoms with van der Waals surface area (Å²) in [6, 6.07) is 16.5. The topological polar surface area (TPSA) is 39.9 Å². The van der Waals surface area contributed by atoms with E-state index >= 15 is 0 Å². The molecule has 24 heavy (non-hydrogen) atoms. The number of nitrogens with zero attached hydrogens (tertiary/aromatic N) is 3. The first-order valence-electron chi connectivity index (χ1n) is 8.04. The van der Waals surface area contributed by atoms with Crippen LogP contribution in [0.2, 0.25) is 5.02 Å². The van der Waals surface area contributed by atoms with Gasteiger partial charge in [0.2, 0.25) is 0 Å². The molecule has 1 unspecified atom stereocenters. The van der Waals surface area contributed by atoms with Gasteiger partial charge in [-0.2, -0.15) is 5.10 Å². The monoisotopic (exact) mass is 339 g/mol. The van der Waals surface area contributed by atoms with Crippen molar-refractivity contribution in [2.75, 3.05) is 0 Å². The van der Waals surface area contributed by atoms with Gasteiger partial charge in [0.1, 0.15) is 12.7 Å². The zero-order valence-electron chi connectivity index (χ0n) is 13.2. The van der Waals surface area contributed by atoms with Gasteiger partial charge >= 0.3 is 0 Å². The van der Waals surface area contributed by atoms with E-state index < -0.39 is 0 Å². The second kappa shape index (κ2) is 6.38. The summed E-state index contributed by atoms with van der Waals surface area (Å²) in [7, 11) is 0. The molecule has 1 aliphatic rings. The fraction of sp³-hybridized carbons (Fsp3) is 0.263. The van der Waals surface area contributed by atoms with Gasteiger partial charge < -0.3 is 4.74 Å². The summed E-state index contributed by atoms with van der Waals surface area (Å²) >= 11 is 6.02. The van der Waals surface area contributed by atoms with E-state index in [0.717, 1.165) is 24.4 Å². The van der Waals surface area contributed by atoms with Crippen LogP contribution in [0.1, 0.15) is 23.1 Å². The normalized spacial score (nSPS) is 19.4. The molecule has 1 atom stereocenters. The minimum Gasteiger partial charge on any atom is -0.365 e. The Bertz CT molecular complexity index is 817. The molecule has 0 saturated heterocycles. The predicted molar refractivity (Wildman–Crippen MR) is 92.7 cm³/mol. The van der Waals surface area contributed by atoms with Gasteiger partial charge in [-0.1, -0.05) is 48.0 Å². The molecular weight excluding hydrogens is 322 g/mol. The maximum Gasteiger partial charge on any atom is 0.137 e. The Labute approximate surface area is 146 Å². The van der Waals surface area contributed by atoms with E-state index in [1.807, 2.05) is 16.8 Å². The number of fused-ring (bicyclic) bond motifs is 1. The van der Waals surface area contributed by atoms with Gasteiger partial charge in [-0.3, -0.25) is 4.68 Å². The molecule has 0 N–H and O–H groups in total. The molecule has 4 rings (SSSR count). The molecule has 2 heterocycles. The first kappa shape index (κ1) is 15.4. The molecule has 3 aromatic rings. The third-order valence-corrected chi connectivity index (χ3v) is 4.88. The van der Waals surface area contributed by atoms with Crippen molar-refractivity contribution in [3.63, 3.8) is 0 Å². The van der Waals surface area contributed by atoms with Crippen molar-refractivity contribution in [1.29, 1.82) is 0 Å². The number of hydrogen-bond donors (Lipinski definition) is 0. The summed E-state index contributed by atoms with van der Waals surface area (Å²) < 4.78 is 8.20. The highest BCUT2D eigenvalue weighted by molar-refractivity contribution is 6.30. The molecule has 4 nitrogen and oxygen atoms in total. The van der Waals surface area contributed by atoms with Crippen LogP contribution in [0.4, 0.5) is 0 Å². The summed E-state index contributed by atoms with van der Waals surface area (Å²) in [6.45, 7) is 1.42. The van der Waals surface area contributed by atoms with Crippen LogP contribution in [0.3, 0.4) is 0 Å². The summed E-state index contributed by atoms with van der Waals surface area (Å²) in [4.78, 5) is 4.02. The number of aryl methyl sites for hydroxylation is 1. The lowest BCUT2D eigenvalue weighted by molar-refractivity contribution is -0.0476. The van der Waals surface area contributed by atoms with Crippen LogP contribution in [0.15, 0.2) is 61.2 Å². The van der Waals surface area contributed by atoms with Gasteiger partial charge in [0.25, 0.3) is 0 Å². The Balaban J connectivity index is 1.66. The highest BCUT2D eigenvalue weighted by atomic mass is 35.5. The smallest absolute Gasteiger partial charge is 0.137 e. The zero-order chi connectivity index (χ0) is 16.4. The lowest BCUT2D eigenvalue weighted by Gasteiger charge is -2.30. The molecule has 1 aromatic heterocycles. The first-order valence-corrected chi connectivity index (χ1v) is 8.42. The Morgan fingerprint density at radius 3 is 2.75 bits per heavy atom. The van der Waals surface area contributed by atoms with Crippen LogP contribution in [0, 0.1) is 0 Å². The molecule has 0 saturated carbocycles. The van der Waals surface area contributed by atoms with E-state index in [4.69, 9.17) is 16.3 Å². The van der Waals surface area contributed by atoms with Crippen molar-refractivity contribution < 1.29 is 4.74 Å². The molecule has 0 bridgehead atoms. The average molecular weight is 340 g/mol. The summed E-state index contributed by atoms with van der Waals surface area (Å²) in [6.07, 6.45) is 4.97. The molecule has 0 radical (unpaired) electrons. The fourth-order valence-electron chi connectivity index (χ4n) is 3.40. The van der Waals surface area contributed by atoms with Crippen molar-refractivity contribution in [2.24, 2.45) is 0 Å². The van der Waals surface area contributed by atoms with Crippen LogP contribution < -0.4 is 0 Å². The predicted octanol–water partition coefficient (Wildman–Crippen LogP) is 3.99. The molecule has 0 aliphatic carbocycles. The van der Waals surface area contributed by atoms with Gasteiger partial charge in [-0.15, -0.1) is 0 Å². The molecule has 2 aromatic carbocycles. The van der Waals surface area contributed by atoms with Crippen molar-refractivity contribution in [2.45, 2.75) is 31.6 Å². The minimum absolute atomic E-state index is 0.337. The fourth-order valence-corrected chi connectivity index (χ4v) is 3.53. The van der Waals surface area contributed by atoms with Gasteiger partial charge in [-0.05, 0) is 28.8 Å². The molecule has 0 amide bonds. The standard InChI is InChI=1S/C19H18ClN3O/c20-17-7-5-15(6-8-17)11-19(9-10-23-14-21-13-22-23)18-4-2-1-3-16(18)12-24-19/h1-8,13-14H,9-12H2. The quantitative estimate of drug-likeness (QED) is 0.705. The third-order valence-electron chi connectivity index (χ3n) is 4.63. The maximum absolute atomic E-state index is 6.35. The zero-order valence-corrected chi connectivity index (χ0v) is 14.0. The van der Waals surface area contributed by atoms with Gasteiger partial charge in [-0.25, -0.2) is 4.98 Å². The molecular formula is C19H18ClN3O. The van der Waals surface area contributed by atoms with Crippen molar-refractivity contribution in [3.05, 3.63) is 82.9 Å². The minimum atomic E-state index is -0.337. The van der Waals surface area contributed by atoms with E-state index in [-0.39, 0.29) is 5.60 Å². The largest absolute Gasteiger partial charge is 0.365 e. The van der Waals surface area contributed by atoms with Crippen LogP contribution in [0.5, 0.6) is 0 Å². The molecule has 0 spiro atoms. The Hall–Kier alpha value is -2.17. The third kappa shape index (κ3) is 2.95. The molecule has 0 fully saturated rings. The maximum atomic E-state index is 6.35. The highest BCUT2D eigenvalue weighted by Gasteiger charge is 2.39. The number of halogens is 1. The van der Waals surface area contributed by atoms with Crippen LogP contribution in [-0.4, -0.2) is 14.8 Å². The summed E-state index contributed by atoms with van der Waals surface area (Å²) in [5, 5.41) is 4.97. The highest BCUT2D eigenvalue weighted by Crippen LogP contribution is 2.42. The second-order valence-electron chi connectivity index (χ2n) is 6.15. The number of benzene rings is 2. The second-order valence-corrected chi connectivity index (χ2v) is 6.59. The van der Waals surface area contributed by atoms with Crippen molar-refractivity contribution in [1.82, 2.24) is 14.8 Å².